The molecule has 0 saturated heterocycles. The lowest BCUT2D eigenvalue weighted by Gasteiger charge is -2.29. The van der Waals surface area contributed by atoms with E-state index in [9.17, 15) is 5.11 Å². The molecule has 0 aromatic heterocycles. The van der Waals surface area contributed by atoms with Gasteiger partial charge in [0.2, 0.25) is 0 Å². The largest absolute Gasteiger partial charge is 0.481 e. The van der Waals surface area contributed by atoms with Gasteiger partial charge in [-0.25, -0.2) is 0 Å². The predicted octanol–water partition coefficient (Wildman–Crippen LogP) is 3.04. The van der Waals surface area contributed by atoms with Gasteiger partial charge < -0.3 is 10.2 Å². The molecule has 17 heavy (non-hydrogen) atoms. The minimum absolute atomic E-state index is 0.193. The molecule has 0 fully saturated rings. The molecule has 0 saturated carbocycles. The highest BCUT2D eigenvalue weighted by molar-refractivity contribution is 5.62. The second-order valence-corrected chi connectivity index (χ2v) is 4.36. The summed E-state index contributed by atoms with van der Waals surface area (Å²) in [7, 11) is 0. The summed E-state index contributed by atoms with van der Waals surface area (Å²) in [5.74, 6) is -0.640. The molecule has 96 valence electrons. The summed E-state index contributed by atoms with van der Waals surface area (Å²) in [6.07, 6.45) is 0.781. The molecule has 0 heterocycles. The Labute approximate surface area is 103 Å². The molecule has 3 heteroatoms. The quantitative estimate of drug-likeness (QED) is 0.851. The van der Waals surface area contributed by atoms with Gasteiger partial charge in [-0.15, -0.1) is 0 Å². The fraction of sp³-hybridized carbons (Fsp3) is 0.500. The third-order valence-corrected chi connectivity index (χ3v) is 2.95. The molecule has 3 nitrogen and oxygen atoms in total. The van der Waals surface area contributed by atoms with Gasteiger partial charge in [-0.2, -0.15) is 0 Å². The van der Waals surface area contributed by atoms with Gasteiger partial charge in [0.1, 0.15) is 0 Å². The number of rotatable bonds is 3. The van der Waals surface area contributed by atoms with E-state index in [2.05, 4.69) is 19.1 Å². The van der Waals surface area contributed by atoms with Crippen LogP contribution < -0.4 is 0 Å². The van der Waals surface area contributed by atoms with Crippen LogP contribution in [0.2, 0.25) is 0 Å². The number of carboxylic acids is 1. The molecule has 0 amide bonds. The van der Waals surface area contributed by atoms with Gasteiger partial charge in [0.25, 0.3) is 5.97 Å². The minimum Gasteiger partial charge on any atom is -0.481 e. The molecule has 1 rings (SSSR count). The standard InChI is InChI=1S/C12H18O.C2H4O2/c1-4-12(3,13)10(2)11-8-6-5-7-9-11;1-2(3)4/h5-10,13H,4H2,1-3H3;1H3,(H,3,4). The summed E-state index contributed by atoms with van der Waals surface area (Å²) >= 11 is 0. The lowest BCUT2D eigenvalue weighted by atomic mass is 9.83. The highest BCUT2D eigenvalue weighted by Crippen LogP contribution is 2.29. The van der Waals surface area contributed by atoms with Gasteiger partial charge in [0.15, 0.2) is 0 Å². The van der Waals surface area contributed by atoms with Crippen LogP contribution in [0.15, 0.2) is 30.3 Å². The van der Waals surface area contributed by atoms with E-state index in [4.69, 9.17) is 9.90 Å². The molecule has 2 atom stereocenters. The molecule has 0 aliphatic carbocycles. The van der Waals surface area contributed by atoms with Gasteiger partial charge in [0, 0.05) is 12.8 Å². The zero-order chi connectivity index (χ0) is 13.5. The third-order valence-electron chi connectivity index (χ3n) is 2.95. The molecule has 0 aliphatic heterocycles. The number of hydrogen-bond donors (Lipinski definition) is 2. The van der Waals surface area contributed by atoms with Crippen molar-refractivity contribution in [3.63, 3.8) is 0 Å². The van der Waals surface area contributed by atoms with Crippen molar-refractivity contribution < 1.29 is 15.0 Å². The van der Waals surface area contributed by atoms with Crippen molar-refractivity contribution >= 4 is 5.97 Å². The van der Waals surface area contributed by atoms with E-state index < -0.39 is 11.6 Å². The Balaban J connectivity index is 0.000000557. The van der Waals surface area contributed by atoms with Crippen molar-refractivity contribution in [2.75, 3.05) is 0 Å². The van der Waals surface area contributed by atoms with Crippen molar-refractivity contribution in [1.82, 2.24) is 0 Å². The average molecular weight is 238 g/mol. The normalized spacial score (nSPS) is 15.1. The van der Waals surface area contributed by atoms with Gasteiger partial charge >= 0.3 is 0 Å². The first kappa shape index (κ1) is 15.7. The molecule has 1 aromatic carbocycles. The fourth-order valence-corrected chi connectivity index (χ4v) is 1.41. The Morgan fingerprint density at radius 2 is 1.76 bits per heavy atom. The van der Waals surface area contributed by atoms with Crippen LogP contribution in [0.3, 0.4) is 0 Å². The maximum Gasteiger partial charge on any atom is 0.300 e. The van der Waals surface area contributed by atoms with Crippen LogP contribution in [0.25, 0.3) is 0 Å². The fourth-order valence-electron chi connectivity index (χ4n) is 1.41. The second kappa shape index (κ2) is 7.07. The number of benzene rings is 1. The van der Waals surface area contributed by atoms with E-state index in [1.807, 2.05) is 32.0 Å². The van der Waals surface area contributed by atoms with Gasteiger partial charge in [0.05, 0.1) is 5.60 Å². The highest BCUT2D eigenvalue weighted by Gasteiger charge is 2.26. The Bertz CT molecular complexity index is 327. The Kier molecular flexibility index (Phi) is 6.51. The molecule has 1 aromatic rings. The van der Waals surface area contributed by atoms with Crippen molar-refractivity contribution in [1.29, 1.82) is 0 Å². The van der Waals surface area contributed by atoms with Crippen molar-refractivity contribution in [3.8, 4) is 0 Å². The van der Waals surface area contributed by atoms with Gasteiger partial charge in [-0.3, -0.25) is 4.79 Å². The average Bonchev–Trinajstić information content (AvgIpc) is 2.28. The van der Waals surface area contributed by atoms with Crippen LogP contribution in [0.4, 0.5) is 0 Å². The monoisotopic (exact) mass is 238 g/mol. The first-order valence-corrected chi connectivity index (χ1v) is 5.78. The van der Waals surface area contributed by atoms with E-state index in [-0.39, 0.29) is 5.92 Å². The maximum atomic E-state index is 10.0. The molecule has 0 radical (unpaired) electrons. The summed E-state index contributed by atoms with van der Waals surface area (Å²) in [6, 6.07) is 10.1. The van der Waals surface area contributed by atoms with E-state index in [1.54, 1.807) is 0 Å². The van der Waals surface area contributed by atoms with Gasteiger partial charge in [-0.05, 0) is 18.9 Å². The topological polar surface area (TPSA) is 57.5 Å². The molecule has 0 aliphatic rings. The van der Waals surface area contributed by atoms with Crippen molar-refractivity contribution in [3.05, 3.63) is 35.9 Å². The van der Waals surface area contributed by atoms with Crippen LogP contribution in [-0.4, -0.2) is 21.8 Å². The number of carboxylic acid groups (broad SMARTS) is 1. The van der Waals surface area contributed by atoms with Crippen molar-refractivity contribution in [2.24, 2.45) is 0 Å². The number of aliphatic carboxylic acids is 1. The SMILES string of the molecule is CC(=O)O.CCC(C)(O)C(C)c1ccccc1. The van der Waals surface area contributed by atoms with Crippen LogP contribution in [0.1, 0.15) is 45.6 Å². The minimum atomic E-state index is -0.833. The van der Waals surface area contributed by atoms with Crippen molar-refractivity contribution in [2.45, 2.75) is 45.6 Å². The molecule has 2 unspecified atom stereocenters. The number of aliphatic hydroxyl groups is 1. The summed E-state index contributed by atoms with van der Waals surface area (Å²) in [5.41, 5.74) is 0.607. The predicted molar refractivity (Wildman–Crippen MR) is 69.1 cm³/mol. The first-order valence-electron chi connectivity index (χ1n) is 5.78. The van der Waals surface area contributed by atoms with E-state index in [0.29, 0.717) is 0 Å². The van der Waals surface area contributed by atoms with E-state index >= 15 is 0 Å². The van der Waals surface area contributed by atoms with Crippen LogP contribution in [-0.2, 0) is 4.79 Å². The zero-order valence-electron chi connectivity index (χ0n) is 11.0. The zero-order valence-corrected chi connectivity index (χ0v) is 11.0. The Morgan fingerprint density at radius 1 is 1.35 bits per heavy atom. The molecule has 0 spiro atoms. The molecule has 0 bridgehead atoms. The molecule has 2 N–H and O–H groups in total. The van der Waals surface area contributed by atoms with Crippen LogP contribution >= 0.6 is 0 Å². The number of carbonyl (C=O) groups is 1. The Hall–Kier alpha value is -1.35. The molecular formula is C14H22O3. The lowest BCUT2D eigenvalue weighted by Crippen LogP contribution is -2.29. The lowest BCUT2D eigenvalue weighted by molar-refractivity contribution is -0.134. The summed E-state index contributed by atoms with van der Waals surface area (Å²) in [4.78, 5) is 9.00. The maximum absolute atomic E-state index is 10.0. The first-order chi connectivity index (χ1) is 7.81. The highest BCUT2D eigenvalue weighted by atomic mass is 16.4. The summed E-state index contributed by atoms with van der Waals surface area (Å²) in [5, 5.41) is 17.5. The van der Waals surface area contributed by atoms with Crippen LogP contribution in [0, 0.1) is 0 Å². The number of hydrogen-bond acceptors (Lipinski definition) is 2. The third kappa shape index (κ3) is 6.07. The smallest absolute Gasteiger partial charge is 0.300 e. The van der Waals surface area contributed by atoms with Crippen LogP contribution in [0.5, 0.6) is 0 Å². The van der Waals surface area contributed by atoms with E-state index in [1.165, 1.54) is 5.56 Å². The van der Waals surface area contributed by atoms with E-state index in [0.717, 1.165) is 13.3 Å². The molecular weight excluding hydrogens is 216 g/mol. The second-order valence-electron chi connectivity index (χ2n) is 4.36. The Morgan fingerprint density at radius 3 is 2.12 bits per heavy atom. The van der Waals surface area contributed by atoms with Gasteiger partial charge in [-0.1, -0.05) is 44.2 Å². The summed E-state index contributed by atoms with van der Waals surface area (Å²) in [6.45, 7) is 7.06. The summed E-state index contributed by atoms with van der Waals surface area (Å²) < 4.78 is 0.